The van der Waals surface area contributed by atoms with E-state index >= 15 is 0 Å². The van der Waals surface area contributed by atoms with E-state index < -0.39 is 22.2 Å². The van der Waals surface area contributed by atoms with E-state index in [9.17, 15) is 14.9 Å². The largest absolute Gasteiger partial charge is 0.395 e. The summed E-state index contributed by atoms with van der Waals surface area (Å²) in [7, 11) is 0. The van der Waals surface area contributed by atoms with Crippen molar-refractivity contribution in [3.63, 3.8) is 0 Å². The van der Waals surface area contributed by atoms with Crippen LogP contribution in [0.1, 0.15) is 0 Å². The molecule has 0 aliphatic carbocycles. The van der Waals surface area contributed by atoms with E-state index in [2.05, 4.69) is 4.74 Å². The molecule has 60 valence electrons. The van der Waals surface area contributed by atoms with Gasteiger partial charge in [-0.05, 0) is 0 Å². The summed E-state index contributed by atoms with van der Waals surface area (Å²) in [5.41, 5.74) is 0. The molecule has 0 aromatic heterocycles. The molecule has 1 aliphatic heterocycles. The smallest absolute Gasteiger partial charge is 0.389 e. The first-order valence-electron chi connectivity index (χ1n) is 2.43. The third-order valence-electron chi connectivity index (χ3n) is 1.02. The Morgan fingerprint density at radius 3 is 2.27 bits per heavy atom. The molecule has 0 amide bonds. The fourth-order valence-electron chi connectivity index (χ4n) is 0.546. The fraction of sp³-hybridized carbons (Fsp3) is 0.250. The fourth-order valence-corrected chi connectivity index (χ4v) is 0.886. The van der Waals surface area contributed by atoms with Crippen LogP contribution in [0.15, 0.2) is 10.1 Å². The van der Waals surface area contributed by atoms with E-state index in [4.69, 9.17) is 23.2 Å². The van der Waals surface area contributed by atoms with Crippen LogP contribution in [0.2, 0.25) is 0 Å². The average molecular weight is 198 g/mol. The van der Waals surface area contributed by atoms with Crippen LogP contribution in [0.5, 0.6) is 0 Å². The topological polar surface area (TPSA) is 69.4 Å². The van der Waals surface area contributed by atoms with Crippen LogP contribution < -0.4 is 0 Å². The van der Waals surface area contributed by atoms with Gasteiger partial charge < -0.3 is 4.74 Å². The van der Waals surface area contributed by atoms with Crippen LogP contribution in [0.4, 0.5) is 0 Å². The first-order valence-corrected chi connectivity index (χ1v) is 3.19. The minimum atomic E-state index is -1.63. The average Bonchev–Trinajstić information content (AvgIpc) is 2.17. The van der Waals surface area contributed by atoms with Gasteiger partial charge in [0.15, 0.2) is 10.1 Å². The van der Waals surface area contributed by atoms with Crippen molar-refractivity contribution in [1.82, 2.24) is 0 Å². The zero-order valence-electron chi connectivity index (χ0n) is 4.91. The van der Waals surface area contributed by atoms with Crippen LogP contribution in [0.25, 0.3) is 0 Å². The Balaban J connectivity index is 2.95. The quantitative estimate of drug-likeness (QED) is 0.355. The predicted octanol–water partition coefficient (Wildman–Crippen LogP) is 0.835. The number of carbonyl (C=O) groups is 1. The molecule has 0 aromatic carbocycles. The Labute approximate surface area is 70.7 Å². The molecule has 0 saturated carbocycles. The normalized spacial score (nSPS) is 23.8. The monoisotopic (exact) mass is 197 g/mol. The molecule has 0 aromatic rings. The highest BCUT2D eigenvalue weighted by atomic mass is 35.5. The van der Waals surface area contributed by atoms with Gasteiger partial charge >= 0.3 is 12.2 Å². The number of ether oxygens (including phenoxy) is 1. The molecular weight excluding hydrogens is 197 g/mol. The van der Waals surface area contributed by atoms with Gasteiger partial charge in [0, 0.05) is 0 Å². The van der Waals surface area contributed by atoms with Gasteiger partial charge in [-0.15, -0.1) is 0 Å². The van der Waals surface area contributed by atoms with Gasteiger partial charge in [0.25, 0.3) is 0 Å². The summed E-state index contributed by atoms with van der Waals surface area (Å²) in [5, 5.41) is 9.26. The van der Waals surface area contributed by atoms with Gasteiger partial charge in [0.05, 0.1) is 4.92 Å². The number of nitrogens with zero attached hydrogens (tertiary/aromatic N) is 1. The number of cyclic esters (lactones) is 1. The lowest BCUT2D eigenvalue weighted by Crippen LogP contribution is -2.20. The summed E-state index contributed by atoms with van der Waals surface area (Å²) in [5.74, 6) is -0.960. The summed E-state index contributed by atoms with van der Waals surface area (Å²) < 4.78 is 4.17. The molecule has 11 heavy (non-hydrogen) atoms. The molecular formula is C4HCl2NO4. The van der Waals surface area contributed by atoms with Crippen LogP contribution >= 0.6 is 23.2 Å². The molecule has 0 saturated heterocycles. The zero-order chi connectivity index (χ0) is 8.59. The number of nitro groups is 1. The molecule has 5 nitrogen and oxygen atoms in total. The van der Waals surface area contributed by atoms with E-state index in [0.29, 0.717) is 0 Å². The Kier molecular flexibility index (Phi) is 2.01. The first kappa shape index (κ1) is 8.29. The molecule has 0 fully saturated rings. The molecule has 1 rings (SSSR count). The van der Waals surface area contributed by atoms with Crippen LogP contribution in [-0.2, 0) is 9.53 Å². The third-order valence-corrected chi connectivity index (χ3v) is 1.85. The van der Waals surface area contributed by atoms with Crippen molar-refractivity contribution in [2.45, 2.75) is 6.23 Å². The van der Waals surface area contributed by atoms with Crippen molar-refractivity contribution >= 4 is 29.2 Å². The molecule has 0 radical (unpaired) electrons. The second-order valence-electron chi connectivity index (χ2n) is 1.70. The molecule has 0 spiro atoms. The minimum Gasteiger partial charge on any atom is -0.389 e. The summed E-state index contributed by atoms with van der Waals surface area (Å²) >= 11 is 10.5. The van der Waals surface area contributed by atoms with Gasteiger partial charge in [0.1, 0.15) is 0 Å². The van der Waals surface area contributed by atoms with Gasteiger partial charge in [-0.25, -0.2) is 4.79 Å². The first-order chi connectivity index (χ1) is 5.04. The Bertz CT molecular complexity index is 261. The van der Waals surface area contributed by atoms with Crippen molar-refractivity contribution in [2.75, 3.05) is 0 Å². The van der Waals surface area contributed by atoms with Crippen LogP contribution in [-0.4, -0.2) is 17.1 Å². The number of carbonyl (C=O) groups excluding carboxylic acids is 1. The molecule has 0 N–H and O–H groups in total. The second kappa shape index (κ2) is 2.67. The Morgan fingerprint density at radius 2 is 2.09 bits per heavy atom. The van der Waals surface area contributed by atoms with Crippen LogP contribution in [0.3, 0.4) is 0 Å². The highest BCUT2D eigenvalue weighted by Crippen LogP contribution is 2.28. The maximum absolute atomic E-state index is 10.5. The second-order valence-corrected chi connectivity index (χ2v) is 2.49. The zero-order valence-corrected chi connectivity index (χ0v) is 6.43. The third kappa shape index (κ3) is 1.29. The van der Waals surface area contributed by atoms with Gasteiger partial charge in [-0.1, -0.05) is 23.2 Å². The van der Waals surface area contributed by atoms with E-state index in [0.717, 1.165) is 0 Å². The van der Waals surface area contributed by atoms with E-state index in [1.165, 1.54) is 0 Å². The lowest BCUT2D eigenvalue weighted by molar-refractivity contribution is -0.552. The number of rotatable bonds is 1. The molecule has 1 atom stereocenters. The van der Waals surface area contributed by atoms with E-state index in [1.807, 2.05) is 0 Å². The summed E-state index contributed by atoms with van der Waals surface area (Å²) in [6.07, 6.45) is -1.63. The standard InChI is InChI=1S/C4HCl2NO4/c5-1-2(6)4(8)11-3(1)7(9)10/h3H. The molecule has 1 aliphatic rings. The molecule has 7 heteroatoms. The summed E-state index contributed by atoms with van der Waals surface area (Å²) in [4.78, 5) is 19.7. The minimum absolute atomic E-state index is 0.373. The predicted molar refractivity (Wildman–Crippen MR) is 35.6 cm³/mol. The van der Waals surface area contributed by atoms with E-state index in [-0.39, 0.29) is 5.03 Å². The number of halogens is 2. The Morgan fingerprint density at radius 1 is 1.55 bits per heavy atom. The maximum atomic E-state index is 10.5. The van der Waals surface area contributed by atoms with Crippen molar-refractivity contribution in [3.8, 4) is 0 Å². The summed E-state index contributed by atoms with van der Waals surface area (Å²) in [6.45, 7) is 0. The van der Waals surface area contributed by atoms with Crippen molar-refractivity contribution in [1.29, 1.82) is 0 Å². The highest BCUT2D eigenvalue weighted by molar-refractivity contribution is 6.48. The summed E-state index contributed by atoms with van der Waals surface area (Å²) in [6, 6.07) is 0. The molecule has 0 bridgehead atoms. The van der Waals surface area contributed by atoms with Crippen LogP contribution in [0, 0.1) is 10.1 Å². The molecule has 1 unspecified atom stereocenters. The van der Waals surface area contributed by atoms with E-state index in [1.54, 1.807) is 0 Å². The number of hydrogen-bond donors (Lipinski definition) is 0. The van der Waals surface area contributed by atoms with Gasteiger partial charge in [-0.2, -0.15) is 0 Å². The lowest BCUT2D eigenvalue weighted by atomic mass is 10.5. The number of hydrogen-bond acceptors (Lipinski definition) is 4. The lowest BCUT2D eigenvalue weighted by Gasteiger charge is -1.98. The van der Waals surface area contributed by atoms with Crippen molar-refractivity contribution in [2.24, 2.45) is 0 Å². The highest BCUT2D eigenvalue weighted by Gasteiger charge is 2.40. The van der Waals surface area contributed by atoms with Gasteiger partial charge in [0.2, 0.25) is 0 Å². The molecule has 1 heterocycles. The maximum Gasteiger partial charge on any atom is 0.395 e. The van der Waals surface area contributed by atoms with Gasteiger partial charge in [-0.3, -0.25) is 10.1 Å². The number of esters is 1. The van der Waals surface area contributed by atoms with Crippen molar-refractivity contribution < 1.29 is 14.5 Å². The Hall–Kier alpha value is -0.810. The SMILES string of the molecule is O=C1OC([N+](=O)[O-])C(Cl)=C1Cl. The van der Waals surface area contributed by atoms with Crippen molar-refractivity contribution in [3.05, 3.63) is 20.2 Å².